The van der Waals surface area contributed by atoms with Crippen molar-refractivity contribution in [3.8, 4) is 0 Å². The highest BCUT2D eigenvalue weighted by atomic mass is 79.9. The second-order valence-electron chi connectivity index (χ2n) is 3.37. The third-order valence-corrected chi connectivity index (χ3v) is 2.69. The van der Waals surface area contributed by atoms with Crippen LogP contribution in [0.25, 0.3) is 0 Å². The van der Waals surface area contributed by atoms with Gasteiger partial charge in [-0.05, 0) is 31.5 Å². The van der Waals surface area contributed by atoms with Gasteiger partial charge in [0.15, 0.2) is 5.78 Å². The van der Waals surface area contributed by atoms with Gasteiger partial charge in [0.2, 0.25) is 0 Å². The Bertz CT molecular complexity index is 319. The summed E-state index contributed by atoms with van der Waals surface area (Å²) in [5, 5.41) is 0. The maximum Gasteiger partial charge on any atom is 0.165 e. The van der Waals surface area contributed by atoms with Crippen molar-refractivity contribution < 1.29 is 9.53 Å². The fourth-order valence-corrected chi connectivity index (χ4v) is 1.55. The van der Waals surface area contributed by atoms with Gasteiger partial charge in [-0.1, -0.05) is 28.1 Å². The van der Waals surface area contributed by atoms with E-state index in [-0.39, 0.29) is 11.9 Å². The molecule has 1 rings (SSSR count). The third-order valence-electron chi connectivity index (χ3n) is 2.16. The van der Waals surface area contributed by atoms with Crippen LogP contribution < -0.4 is 0 Å². The summed E-state index contributed by atoms with van der Waals surface area (Å²) in [4.78, 5) is 11.7. The molecule has 82 valence electrons. The van der Waals surface area contributed by atoms with Crippen LogP contribution in [0.5, 0.6) is 0 Å². The molecular formula is C12H15BrO2. The lowest BCUT2D eigenvalue weighted by Gasteiger charge is -2.10. The Balaban J connectivity index is 2.54. The highest BCUT2D eigenvalue weighted by Crippen LogP contribution is 2.11. The van der Waals surface area contributed by atoms with Gasteiger partial charge >= 0.3 is 0 Å². The molecule has 0 heterocycles. The molecule has 1 aromatic carbocycles. The Labute approximate surface area is 98.8 Å². The summed E-state index contributed by atoms with van der Waals surface area (Å²) in [6.07, 6.45) is 0.132. The van der Waals surface area contributed by atoms with Crippen molar-refractivity contribution in [2.45, 2.75) is 26.4 Å². The standard InChI is InChI=1S/C12H15BrO2/c1-3-15-9(2)12(14)8-10-4-6-11(13)7-5-10/h4-7,9H,3,8H2,1-2H3. The molecule has 1 unspecified atom stereocenters. The molecule has 0 saturated carbocycles. The molecule has 1 aromatic rings. The zero-order chi connectivity index (χ0) is 11.3. The minimum absolute atomic E-state index is 0.124. The zero-order valence-electron chi connectivity index (χ0n) is 9.00. The van der Waals surface area contributed by atoms with Crippen LogP contribution in [0.3, 0.4) is 0 Å². The van der Waals surface area contributed by atoms with Crippen molar-refractivity contribution >= 4 is 21.7 Å². The molecule has 0 saturated heterocycles. The average Bonchev–Trinajstić information content (AvgIpc) is 2.22. The van der Waals surface area contributed by atoms with Gasteiger partial charge in [0, 0.05) is 17.5 Å². The number of halogens is 1. The van der Waals surface area contributed by atoms with E-state index in [1.807, 2.05) is 31.2 Å². The summed E-state index contributed by atoms with van der Waals surface area (Å²) < 4.78 is 6.27. The Morgan fingerprint density at radius 2 is 2.00 bits per heavy atom. The molecule has 3 heteroatoms. The van der Waals surface area contributed by atoms with E-state index >= 15 is 0 Å². The van der Waals surface area contributed by atoms with Crippen LogP contribution in [-0.2, 0) is 16.0 Å². The fourth-order valence-electron chi connectivity index (χ4n) is 1.29. The highest BCUT2D eigenvalue weighted by molar-refractivity contribution is 9.10. The summed E-state index contributed by atoms with van der Waals surface area (Å²) in [7, 11) is 0. The second-order valence-corrected chi connectivity index (χ2v) is 4.28. The normalized spacial score (nSPS) is 12.5. The number of rotatable bonds is 5. The zero-order valence-corrected chi connectivity index (χ0v) is 10.6. The van der Waals surface area contributed by atoms with Crippen molar-refractivity contribution in [1.82, 2.24) is 0 Å². The van der Waals surface area contributed by atoms with Gasteiger partial charge < -0.3 is 4.74 Å². The van der Waals surface area contributed by atoms with Gasteiger partial charge in [0.05, 0.1) is 0 Å². The number of benzene rings is 1. The predicted octanol–water partition coefficient (Wildman–Crippen LogP) is 2.99. The SMILES string of the molecule is CCOC(C)C(=O)Cc1ccc(Br)cc1. The number of carbonyl (C=O) groups is 1. The predicted molar refractivity (Wildman–Crippen MR) is 63.9 cm³/mol. The topological polar surface area (TPSA) is 26.3 Å². The summed E-state index contributed by atoms with van der Waals surface area (Å²) in [5.74, 6) is 0.124. The van der Waals surface area contributed by atoms with Crippen molar-refractivity contribution in [3.63, 3.8) is 0 Å². The first-order chi connectivity index (χ1) is 7.13. The maximum absolute atomic E-state index is 11.7. The Morgan fingerprint density at radius 3 is 2.53 bits per heavy atom. The number of hydrogen-bond acceptors (Lipinski definition) is 2. The Hall–Kier alpha value is -0.670. The number of hydrogen-bond donors (Lipinski definition) is 0. The van der Waals surface area contributed by atoms with Crippen LogP contribution in [0.15, 0.2) is 28.7 Å². The van der Waals surface area contributed by atoms with E-state index in [4.69, 9.17) is 4.74 Å². The van der Waals surface area contributed by atoms with Gasteiger partial charge in [-0.3, -0.25) is 4.79 Å². The molecular weight excluding hydrogens is 256 g/mol. The molecule has 0 N–H and O–H groups in total. The Kier molecular flexibility index (Phi) is 4.99. The largest absolute Gasteiger partial charge is 0.371 e. The molecule has 0 aliphatic carbocycles. The van der Waals surface area contributed by atoms with Crippen LogP contribution in [0.1, 0.15) is 19.4 Å². The second kappa shape index (κ2) is 6.03. The van der Waals surface area contributed by atoms with E-state index in [0.717, 1.165) is 10.0 Å². The number of ketones is 1. The van der Waals surface area contributed by atoms with Crippen molar-refractivity contribution in [2.24, 2.45) is 0 Å². The average molecular weight is 271 g/mol. The fraction of sp³-hybridized carbons (Fsp3) is 0.417. The van der Waals surface area contributed by atoms with Gasteiger partial charge in [0.1, 0.15) is 6.10 Å². The van der Waals surface area contributed by atoms with Crippen LogP contribution in [-0.4, -0.2) is 18.5 Å². The summed E-state index contributed by atoms with van der Waals surface area (Å²) in [6.45, 7) is 4.27. The third kappa shape index (κ3) is 4.14. The van der Waals surface area contributed by atoms with Crippen molar-refractivity contribution in [1.29, 1.82) is 0 Å². The molecule has 0 amide bonds. The van der Waals surface area contributed by atoms with E-state index in [2.05, 4.69) is 15.9 Å². The van der Waals surface area contributed by atoms with Gasteiger partial charge in [0.25, 0.3) is 0 Å². The lowest BCUT2D eigenvalue weighted by Crippen LogP contribution is -2.22. The lowest BCUT2D eigenvalue weighted by molar-refractivity contribution is -0.128. The molecule has 0 fully saturated rings. The highest BCUT2D eigenvalue weighted by Gasteiger charge is 2.12. The van der Waals surface area contributed by atoms with E-state index in [1.54, 1.807) is 6.92 Å². The van der Waals surface area contributed by atoms with Gasteiger partial charge in [-0.15, -0.1) is 0 Å². The van der Waals surface area contributed by atoms with Crippen LogP contribution >= 0.6 is 15.9 Å². The maximum atomic E-state index is 11.7. The smallest absolute Gasteiger partial charge is 0.165 e. The van der Waals surface area contributed by atoms with E-state index in [0.29, 0.717) is 13.0 Å². The van der Waals surface area contributed by atoms with Crippen LogP contribution in [0.4, 0.5) is 0 Å². The first kappa shape index (κ1) is 12.4. The molecule has 0 aliphatic heterocycles. The molecule has 1 atom stereocenters. The quantitative estimate of drug-likeness (QED) is 0.823. The molecule has 0 aliphatic rings. The Morgan fingerprint density at radius 1 is 1.40 bits per heavy atom. The first-order valence-corrected chi connectivity index (χ1v) is 5.81. The number of ether oxygens (including phenoxy) is 1. The van der Waals surface area contributed by atoms with E-state index < -0.39 is 0 Å². The summed E-state index contributed by atoms with van der Waals surface area (Å²) in [6, 6.07) is 7.77. The van der Waals surface area contributed by atoms with Crippen molar-refractivity contribution in [3.05, 3.63) is 34.3 Å². The summed E-state index contributed by atoms with van der Waals surface area (Å²) >= 11 is 3.36. The monoisotopic (exact) mass is 270 g/mol. The van der Waals surface area contributed by atoms with E-state index in [9.17, 15) is 4.79 Å². The summed E-state index contributed by atoms with van der Waals surface area (Å²) in [5.41, 5.74) is 1.02. The molecule has 0 radical (unpaired) electrons. The van der Waals surface area contributed by atoms with Crippen molar-refractivity contribution in [2.75, 3.05) is 6.61 Å². The number of carbonyl (C=O) groups excluding carboxylic acids is 1. The first-order valence-electron chi connectivity index (χ1n) is 5.02. The molecule has 0 spiro atoms. The number of Topliss-reactive ketones (excluding diaryl/α,β-unsaturated/α-hetero) is 1. The van der Waals surface area contributed by atoms with Gasteiger partial charge in [-0.25, -0.2) is 0 Å². The molecule has 0 aromatic heterocycles. The molecule has 2 nitrogen and oxygen atoms in total. The molecule has 15 heavy (non-hydrogen) atoms. The van der Waals surface area contributed by atoms with Gasteiger partial charge in [-0.2, -0.15) is 0 Å². The van der Waals surface area contributed by atoms with E-state index in [1.165, 1.54) is 0 Å². The minimum atomic E-state index is -0.307. The minimum Gasteiger partial charge on any atom is -0.371 e. The van der Waals surface area contributed by atoms with Crippen LogP contribution in [0.2, 0.25) is 0 Å². The molecule has 0 bridgehead atoms. The lowest BCUT2D eigenvalue weighted by atomic mass is 10.1. The van der Waals surface area contributed by atoms with Crippen LogP contribution in [0, 0.1) is 0 Å².